The minimum atomic E-state index is -3.26. The summed E-state index contributed by atoms with van der Waals surface area (Å²) >= 11 is 0. The molecular formula is C19H40IN5O2S. The molecule has 0 bridgehead atoms. The van der Waals surface area contributed by atoms with Crippen molar-refractivity contribution in [2.75, 3.05) is 32.4 Å². The summed E-state index contributed by atoms with van der Waals surface area (Å²) in [5.41, 5.74) is -0.614. The Kier molecular flexibility index (Phi) is 11.0. The fourth-order valence-corrected chi connectivity index (χ4v) is 5.29. The van der Waals surface area contributed by atoms with Gasteiger partial charge >= 0.3 is 0 Å². The van der Waals surface area contributed by atoms with Crippen LogP contribution < -0.4 is 15.4 Å². The zero-order chi connectivity index (χ0) is 19.9. The molecule has 1 heterocycles. The third-order valence-corrected chi connectivity index (χ3v) is 6.25. The minimum Gasteiger partial charge on any atom is -0.357 e. The van der Waals surface area contributed by atoms with Gasteiger partial charge in [-0.1, -0.05) is 19.3 Å². The Morgan fingerprint density at radius 2 is 1.82 bits per heavy atom. The lowest BCUT2D eigenvalue weighted by molar-refractivity contribution is 0.115. The standard InChI is InChI=1S/C19H39N5O2S.HI/c1-5-20-18(21-15-19(2,3)23-27(4,25)26)22-16-10-9-13-24(14-16)17-11-7-6-8-12-17;/h16-17,23H,5-15H2,1-4H3,(H2,20,21,22);1H. The molecule has 1 saturated carbocycles. The minimum absolute atomic E-state index is 0. The van der Waals surface area contributed by atoms with Crippen molar-refractivity contribution in [2.45, 2.75) is 83.3 Å². The molecule has 0 spiro atoms. The predicted molar refractivity (Wildman–Crippen MR) is 128 cm³/mol. The Labute approximate surface area is 189 Å². The smallest absolute Gasteiger partial charge is 0.209 e. The average Bonchev–Trinajstić information content (AvgIpc) is 2.59. The van der Waals surface area contributed by atoms with Crippen LogP contribution in [0.5, 0.6) is 0 Å². The molecule has 1 saturated heterocycles. The molecule has 1 unspecified atom stereocenters. The fraction of sp³-hybridized carbons (Fsp3) is 0.947. The summed E-state index contributed by atoms with van der Waals surface area (Å²) in [7, 11) is -3.26. The number of halogens is 1. The summed E-state index contributed by atoms with van der Waals surface area (Å²) in [5.74, 6) is 0.774. The molecule has 1 atom stereocenters. The summed E-state index contributed by atoms with van der Waals surface area (Å²) in [5, 5.41) is 6.88. The van der Waals surface area contributed by atoms with Gasteiger partial charge in [-0.2, -0.15) is 0 Å². The van der Waals surface area contributed by atoms with Crippen LogP contribution in [0.4, 0.5) is 0 Å². The second-order valence-electron chi connectivity index (χ2n) is 8.72. The van der Waals surface area contributed by atoms with Gasteiger partial charge in [-0.15, -0.1) is 24.0 Å². The van der Waals surface area contributed by atoms with Crippen LogP contribution in [-0.2, 0) is 10.0 Å². The molecule has 0 aromatic heterocycles. The molecule has 3 N–H and O–H groups in total. The highest BCUT2D eigenvalue weighted by molar-refractivity contribution is 14.0. The number of aliphatic imine (C=N–C) groups is 1. The highest BCUT2D eigenvalue weighted by atomic mass is 127. The van der Waals surface area contributed by atoms with Crippen LogP contribution in [0.25, 0.3) is 0 Å². The molecule has 0 aromatic carbocycles. The number of hydrogen-bond acceptors (Lipinski definition) is 4. The molecule has 0 amide bonds. The van der Waals surface area contributed by atoms with Crippen molar-refractivity contribution in [3.63, 3.8) is 0 Å². The van der Waals surface area contributed by atoms with E-state index in [9.17, 15) is 8.42 Å². The highest BCUT2D eigenvalue weighted by Crippen LogP contribution is 2.25. The van der Waals surface area contributed by atoms with Crippen LogP contribution in [0, 0.1) is 0 Å². The van der Waals surface area contributed by atoms with Gasteiger partial charge in [0.25, 0.3) is 0 Å². The first-order chi connectivity index (χ1) is 12.7. The number of guanidine groups is 1. The molecular weight excluding hydrogens is 489 g/mol. The zero-order valence-corrected chi connectivity index (χ0v) is 21.1. The topological polar surface area (TPSA) is 85.8 Å². The van der Waals surface area contributed by atoms with E-state index in [1.807, 2.05) is 20.8 Å². The number of piperidine rings is 1. The van der Waals surface area contributed by atoms with Crippen molar-refractivity contribution in [3.05, 3.63) is 0 Å². The normalized spacial score (nSPS) is 23.1. The van der Waals surface area contributed by atoms with E-state index < -0.39 is 15.6 Å². The number of hydrogen-bond donors (Lipinski definition) is 3. The van der Waals surface area contributed by atoms with Crippen LogP contribution in [0.2, 0.25) is 0 Å². The maximum atomic E-state index is 11.5. The Balaban J connectivity index is 0.00000392. The molecule has 28 heavy (non-hydrogen) atoms. The molecule has 9 heteroatoms. The van der Waals surface area contributed by atoms with Crippen LogP contribution in [-0.4, -0.2) is 69.3 Å². The summed E-state index contributed by atoms with van der Waals surface area (Å²) in [6.07, 6.45) is 10.4. The SMILES string of the molecule is CCNC(=NCC(C)(C)NS(C)(=O)=O)NC1CCCN(C2CCCCC2)C1.I. The van der Waals surface area contributed by atoms with E-state index in [0.29, 0.717) is 12.6 Å². The fourth-order valence-electron chi connectivity index (χ4n) is 4.23. The van der Waals surface area contributed by atoms with Crippen molar-refractivity contribution in [1.82, 2.24) is 20.3 Å². The number of rotatable bonds is 7. The lowest BCUT2D eigenvalue weighted by Crippen LogP contribution is -2.54. The molecule has 0 aromatic rings. The lowest BCUT2D eigenvalue weighted by atomic mass is 9.92. The Bertz CT molecular complexity index is 591. The van der Waals surface area contributed by atoms with E-state index in [4.69, 9.17) is 0 Å². The second-order valence-corrected chi connectivity index (χ2v) is 10.5. The number of nitrogens with one attached hydrogen (secondary N) is 3. The first-order valence-electron chi connectivity index (χ1n) is 10.5. The molecule has 2 aliphatic rings. The van der Waals surface area contributed by atoms with Crippen molar-refractivity contribution in [3.8, 4) is 0 Å². The van der Waals surface area contributed by atoms with Gasteiger partial charge in [0, 0.05) is 30.7 Å². The van der Waals surface area contributed by atoms with Crippen molar-refractivity contribution in [2.24, 2.45) is 4.99 Å². The Hall–Kier alpha value is -0.130. The van der Waals surface area contributed by atoms with Crippen molar-refractivity contribution in [1.29, 1.82) is 0 Å². The van der Waals surface area contributed by atoms with E-state index >= 15 is 0 Å². The third-order valence-electron chi connectivity index (χ3n) is 5.32. The summed E-state index contributed by atoms with van der Waals surface area (Å²) in [6, 6.07) is 1.14. The predicted octanol–water partition coefficient (Wildman–Crippen LogP) is 2.28. The van der Waals surface area contributed by atoms with E-state index in [2.05, 4.69) is 25.2 Å². The second kappa shape index (κ2) is 11.9. The van der Waals surface area contributed by atoms with Crippen molar-refractivity contribution < 1.29 is 8.42 Å². The summed E-state index contributed by atoms with van der Waals surface area (Å²) in [6.45, 7) is 9.20. The quantitative estimate of drug-likeness (QED) is 0.268. The van der Waals surface area contributed by atoms with Gasteiger partial charge < -0.3 is 10.6 Å². The van der Waals surface area contributed by atoms with Gasteiger partial charge in [0.1, 0.15) is 0 Å². The van der Waals surface area contributed by atoms with Gasteiger partial charge in [-0.25, -0.2) is 13.1 Å². The van der Waals surface area contributed by atoms with E-state index in [1.165, 1.54) is 51.3 Å². The number of likely N-dealkylation sites (tertiary alicyclic amines) is 1. The highest BCUT2D eigenvalue weighted by Gasteiger charge is 2.27. The Morgan fingerprint density at radius 1 is 1.14 bits per heavy atom. The molecule has 166 valence electrons. The third kappa shape index (κ3) is 9.58. The number of sulfonamides is 1. The first-order valence-corrected chi connectivity index (χ1v) is 12.4. The lowest BCUT2D eigenvalue weighted by Gasteiger charge is -2.40. The molecule has 7 nitrogen and oxygen atoms in total. The van der Waals surface area contributed by atoms with Crippen LogP contribution in [0.1, 0.15) is 65.7 Å². The molecule has 0 radical (unpaired) electrons. The summed E-state index contributed by atoms with van der Waals surface area (Å²) in [4.78, 5) is 7.32. The first kappa shape index (κ1) is 25.9. The van der Waals surface area contributed by atoms with Gasteiger partial charge in [0.05, 0.1) is 12.8 Å². The van der Waals surface area contributed by atoms with E-state index in [-0.39, 0.29) is 24.0 Å². The van der Waals surface area contributed by atoms with Crippen LogP contribution in [0.3, 0.4) is 0 Å². The maximum absolute atomic E-state index is 11.5. The maximum Gasteiger partial charge on any atom is 0.209 e. The Morgan fingerprint density at radius 3 is 2.43 bits per heavy atom. The van der Waals surface area contributed by atoms with E-state index in [0.717, 1.165) is 31.5 Å². The molecule has 1 aliphatic carbocycles. The van der Waals surface area contributed by atoms with Crippen molar-refractivity contribution >= 4 is 40.0 Å². The van der Waals surface area contributed by atoms with Crippen LogP contribution >= 0.6 is 24.0 Å². The van der Waals surface area contributed by atoms with E-state index in [1.54, 1.807) is 0 Å². The largest absolute Gasteiger partial charge is 0.357 e. The molecule has 2 fully saturated rings. The monoisotopic (exact) mass is 529 g/mol. The zero-order valence-electron chi connectivity index (χ0n) is 18.0. The van der Waals surface area contributed by atoms with Gasteiger partial charge in [0.15, 0.2) is 5.96 Å². The number of nitrogens with zero attached hydrogens (tertiary/aromatic N) is 2. The average molecular weight is 530 g/mol. The van der Waals surface area contributed by atoms with Gasteiger partial charge in [0.2, 0.25) is 10.0 Å². The molecule has 1 aliphatic heterocycles. The molecule has 2 rings (SSSR count). The van der Waals surface area contributed by atoms with Crippen LogP contribution in [0.15, 0.2) is 4.99 Å². The van der Waals surface area contributed by atoms with Gasteiger partial charge in [-0.3, -0.25) is 9.89 Å². The summed E-state index contributed by atoms with van der Waals surface area (Å²) < 4.78 is 25.7. The van der Waals surface area contributed by atoms with Gasteiger partial charge in [-0.05, 0) is 53.0 Å².